The molecule has 5 aromatic rings. The van der Waals surface area contributed by atoms with Crippen LogP contribution in [0.5, 0.6) is 0 Å². The summed E-state index contributed by atoms with van der Waals surface area (Å²) in [6, 6.07) is 19.0. The first-order valence-corrected chi connectivity index (χ1v) is 12.7. The molecule has 4 heterocycles. The van der Waals surface area contributed by atoms with Gasteiger partial charge in [-0.15, -0.1) is 0 Å². The zero-order valence-corrected chi connectivity index (χ0v) is 20.9. The van der Waals surface area contributed by atoms with E-state index in [1.54, 1.807) is 6.07 Å². The Bertz CT molecular complexity index is 1620. The third-order valence-electron chi connectivity index (χ3n) is 6.84. The van der Waals surface area contributed by atoms with Crippen LogP contribution in [0, 0.1) is 0 Å². The molecule has 0 aliphatic carbocycles. The van der Waals surface area contributed by atoms with Gasteiger partial charge in [-0.25, -0.2) is 14.6 Å². The third kappa shape index (κ3) is 5.09. The highest BCUT2D eigenvalue weighted by Crippen LogP contribution is 2.24. The highest BCUT2D eigenvalue weighted by atomic mass is 16.1. The number of rotatable bonds is 6. The Kier molecular flexibility index (Phi) is 6.49. The summed E-state index contributed by atoms with van der Waals surface area (Å²) in [7, 11) is 0. The Morgan fingerprint density at radius 3 is 2.47 bits per heavy atom. The number of piperidine rings is 1. The number of aromatic nitrogens is 6. The summed E-state index contributed by atoms with van der Waals surface area (Å²) < 4.78 is 3.52. The summed E-state index contributed by atoms with van der Waals surface area (Å²) in [4.78, 5) is 21.8. The van der Waals surface area contributed by atoms with Crippen LogP contribution in [0.15, 0.2) is 90.2 Å². The fourth-order valence-electron chi connectivity index (χ4n) is 4.78. The molecule has 3 N–H and O–H groups in total. The number of benzene rings is 2. The molecule has 1 fully saturated rings. The zero-order valence-electron chi connectivity index (χ0n) is 20.9. The van der Waals surface area contributed by atoms with Gasteiger partial charge in [0.2, 0.25) is 0 Å². The maximum Gasteiger partial charge on any atom is 0.267 e. The molecule has 3 aromatic heterocycles. The van der Waals surface area contributed by atoms with Crippen LogP contribution in [0.4, 0.5) is 5.69 Å². The van der Waals surface area contributed by atoms with Gasteiger partial charge in [-0.1, -0.05) is 30.3 Å². The van der Waals surface area contributed by atoms with E-state index in [0.29, 0.717) is 29.8 Å². The van der Waals surface area contributed by atoms with Crippen molar-refractivity contribution >= 4 is 5.69 Å². The molecule has 0 unspecified atom stereocenters. The highest BCUT2D eigenvalue weighted by Gasteiger charge is 2.16. The predicted octanol–water partition coefficient (Wildman–Crippen LogP) is 3.79. The lowest BCUT2D eigenvalue weighted by molar-refractivity contribution is 0.343. The Balaban J connectivity index is 1.20. The van der Waals surface area contributed by atoms with E-state index < -0.39 is 0 Å². The number of nitrogens with zero attached hydrogens (tertiary/aromatic N) is 6. The molecular weight excluding hydrogens is 476 g/mol. The number of nitrogens with one attached hydrogen (secondary N) is 1. The molecule has 2 aromatic carbocycles. The van der Waals surface area contributed by atoms with Gasteiger partial charge in [-0.2, -0.15) is 10.2 Å². The van der Waals surface area contributed by atoms with Gasteiger partial charge in [0.15, 0.2) is 5.82 Å². The molecule has 9 nitrogen and oxygen atoms in total. The first-order valence-electron chi connectivity index (χ1n) is 12.7. The molecule has 190 valence electrons. The average Bonchev–Trinajstić information content (AvgIpc) is 3.46. The van der Waals surface area contributed by atoms with Crippen molar-refractivity contribution in [2.75, 3.05) is 18.8 Å². The smallest absolute Gasteiger partial charge is 0.267 e. The van der Waals surface area contributed by atoms with E-state index in [1.165, 1.54) is 10.7 Å². The van der Waals surface area contributed by atoms with Gasteiger partial charge < -0.3 is 11.1 Å². The quantitative estimate of drug-likeness (QED) is 0.338. The second-order valence-corrected chi connectivity index (χ2v) is 9.53. The van der Waals surface area contributed by atoms with Crippen LogP contribution >= 0.6 is 0 Å². The van der Waals surface area contributed by atoms with Crippen LogP contribution in [0.1, 0.15) is 24.4 Å². The van der Waals surface area contributed by atoms with Crippen LogP contribution in [-0.2, 0) is 6.54 Å². The molecule has 0 atom stereocenters. The monoisotopic (exact) mass is 504 g/mol. The lowest BCUT2D eigenvalue weighted by Gasteiger charge is -2.22. The van der Waals surface area contributed by atoms with E-state index in [-0.39, 0.29) is 5.56 Å². The van der Waals surface area contributed by atoms with Gasteiger partial charge >= 0.3 is 0 Å². The van der Waals surface area contributed by atoms with Gasteiger partial charge in [-0.3, -0.25) is 9.48 Å². The summed E-state index contributed by atoms with van der Waals surface area (Å²) in [6.07, 6.45) is 9.79. The maximum absolute atomic E-state index is 12.5. The summed E-state index contributed by atoms with van der Waals surface area (Å²) in [5.41, 5.74) is 11.7. The number of hydrogen-bond acceptors (Lipinski definition) is 7. The van der Waals surface area contributed by atoms with Crippen LogP contribution in [0.3, 0.4) is 0 Å². The Labute approximate surface area is 220 Å². The van der Waals surface area contributed by atoms with Crippen molar-refractivity contribution < 1.29 is 0 Å². The van der Waals surface area contributed by atoms with Crippen molar-refractivity contribution in [3.8, 4) is 33.8 Å². The fourth-order valence-corrected chi connectivity index (χ4v) is 4.78. The number of anilines is 1. The van der Waals surface area contributed by atoms with E-state index in [2.05, 4.69) is 36.4 Å². The summed E-state index contributed by atoms with van der Waals surface area (Å²) in [6.45, 7) is 2.38. The molecule has 0 spiro atoms. The van der Waals surface area contributed by atoms with E-state index in [0.717, 1.165) is 53.7 Å². The van der Waals surface area contributed by atoms with E-state index >= 15 is 0 Å². The largest absolute Gasteiger partial charge is 0.399 e. The molecule has 0 amide bonds. The topological polar surface area (TPSA) is 117 Å². The van der Waals surface area contributed by atoms with E-state index in [1.807, 2.05) is 67.1 Å². The Hall–Kier alpha value is -4.63. The average molecular weight is 505 g/mol. The van der Waals surface area contributed by atoms with Crippen LogP contribution in [0.2, 0.25) is 0 Å². The van der Waals surface area contributed by atoms with E-state index in [4.69, 9.17) is 5.73 Å². The summed E-state index contributed by atoms with van der Waals surface area (Å²) >= 11 is 0. The van der Waals surface area contributed by atoms with Gasteiger partial charge in [-0.05, 0) is 55.8 Å². The maximum atomic E-state index is 12.5. The Morgan fingerprint density at radius 2 is 1.66 bits per heavy atom. The number of nitrogens with two attached hydrogens (primary N) is 1. The fraction of sp³-hybridized carbons (Fsp3) is 0.207. The zero-order chi connectivity index (χ0) is 25.9. The number of hydrogen-bond donors (Lipinski definition) is 2. The van der Waals surface area contributed by atoms with Crippen molar-refractivity contribution in [2.45, 2.75) is 25.4 Å². The van der Waals surface area contributed by atoms with Gasteiger partial charge in [0.1, 0.15) is 0 Å². The molecule has 1 aliphatic rings. The summed E-state index contributed by atoms with van der Waals surface area (Å²) in [5, 5.41) is 12.5. The van der Waals surface area contributed by atoms with Gasteiger partial charge in [0.25, 0.3) is 5.56 Å². The molecule has 38 heavy (non-hydrogen) atoms. The van der Waals surface area contributed by atoms with Gasteiger partial charge in [0, 0.05) is 52.6 Å². The first kappa shape index (κ1) is 23.7. The molecular formula is C29H28N8O. The molecule has 1 saturated heterocycles. The van der Waals surface area contributed by atoms with Crippen LogP contribution in [-0.4, -0.2) is 42.6 Å². The molecule has 0 radical (unpaired) electrons. The Morgan fingerprint density at radius 1 is 0.868 bits per heavy atom. The highest BCUT2D eigenvalue weighted by molar-refractivity contribution is 5.64. The SMILES string of the molecule is Nc1cccc(-c2ccc(=O)n(Cc3cccc(-c4ncc(-c5cnn(C6CCNCC6)c5)cn4)c3)n2)c1. The third-order valence-corrected chi connectivity index (χ3v) is 6.84. The van der Waals surface area contributed by atoms with E-state index in [9.17, 15) is 4.79 Å². The lowest BCUT2D eigenvalue weighted by atomic mass is 10.1. The van der Waals surface area contributed by atoms with Crippen LogP contribution in [0.25, 0.3) is 33.8 Å². The second-order valence-electron chi connectivity index (χ2n) is 9.53. The van der Waals surface area contributed by atoms with Crippen molar-refractivity contribution in [1.82, 2.24) is 34.8 Å². The molecule has 9 heteroatoms. The van der Waals surface area contributed by atoms with Crippen molar-refractivity contribution in [3.05, 3.63) is 101 Å². The minimum Gasteiger partial charge on any atom is -0.399 e. The molecule has 0 saturated carbocycles. The summed E-state index contributed by atoms with van der Waals surface area (Å²) in [5.74, 6) is 0.621. The minimum atomic E-state index is -0.173. The van der Waals surface area contributed by atoms with Crippen LogP contribution < -0.4 is 16.6 Å². The lowest BCUT2D eigenvalue weighted by Crippen LogP contribution is -2.29. The molecule has 1 aliphatic heterocycles. The normalized spacial score (nSPS) is 14.0. The molecule has 0 bridgehead atoms. The second kappa shape index (κ2) is 10.4. The standard InChI is InChI=1S/C29H28N8O/c30-25-6-2-4-21(14-25)27-7-8-28(38)37(35-27)18-20-3-1-5-22(13-20)29-32-15-23(16-33-29)24-17-34-36(19-24)26-9-11-31-12-10-26/h1-8,13-17,19,26,31H,9-12,18,30H2. The molecule has 6 rings (SSSR count). The van der Waals surface area contributed by atoms with Crippen molar-refractivity contribution in [3.63, 3.8) is 0 Å². The first-order chi connectivity index (χ1) is 18.6. The minimum absolute atomic E-state index is 0.173. The predicted molar refractivity (Wildman–Crippen MR) is 147 cm³/mol. The van der Waals surface area contributed by atoms with Gasteiger partial charge in [0.05, 0.1) is 24.5 Å². The van der Waals surface area contributed by atoms with Crippen molar-refractivity contribution in [1.29, 1.82) is 0 Å². The van der Waals surface area contributed by atoms with Crippen molar-refractivity contribution in [2.24, 2.45) is 0 Å². The number of nitrogen functional groups attached to an aromatic ring is 1.